The van der Waals surface area contributed by atoms with Gasteiger partial charge < -0.3 is 4.74 Å². The van der Waals surface area contributed by atoms with Crippen LogP contribution in [0.5, 0.6) is 5.75 Å². The van der Waals surface area contributed by atoms with Crippen molar-refractivity contribution in [1.82, 2.24) is 20.2 Å². The molecule has 1 saturated carbocycles. The standard InChI is InChI=1S/C30H31N5O3/c1-22-8-4-5-9-24(22)20-28(36)30(18-6-3-7-19-30)35(26-14-16-27(38-2)17-15-26)29(37)23-10-12-25(13-11-23)34-21-31-32-33-34/h4-5,8-17,21H,3,6-7,18-20H2,1-2H3. The Morgan fingerprint density at radius 1 is 0.947 bits per heavy atom. The van der Waals surface area contributed by atoms with E-state index in [4.69, 9.17) is 4.74 Å². The molecule has 0 N–H and O–H groups in total. The van der Waals surface area contributed by atoms with E-state index in [1.54, 1.807) is 36.3 Å². The molecule has 1 aliphatic rings. The number of aromatic nitrogens is 4. The lowest BCUT2D eigenvalue weighted by Gasteiger charge is -2.45. The molecule has 194 valence electrons. The number of ketones is 1. The third-order valence-electron chi connectivity index (χ3n) is 7.50. The molecule has 1 aliphatic carbocycles. The van der Waals surface area contributed by atoms with Gasteiger partial charge >= 0.3 is 0 Å². The fourth-order valence-corrected chi connectivity index (χ4v) is 5.37. The number of methoxy groups -OCH3 is 1. The van der Waals surface area contributed by atoms with E-state index in [2.05, 4.69) is 15.5 Å². The number of rotatable bonds is 8. The van der Waals surface area contributed by atoms with Gasteiger partial charge in [0.25, 0.3) is 5.91 Å². The quantitative estimate of drug-likeness (QED) is 0.327. The van der Waals surface area contributed by atoms with E-state index in [1.807, 2.05) is 55.5 Å². The first-order valence-electron chi connectivity index (χ1n) is 12.9. The molecule has 1 amide bonds. The second-order valence-corrected chi connectivity index (χ2v) is 9.76. The van der Waals surface area contributed by atoms with Gasteiger partial charge in [-0.15, -0.1) is 5.10 Å². The third kappa shape index (κ3) is 4.94. The zero-order valence-corrected chi connectivity index (χ0v) is 21.7. The van der Waals surface area contributed by atoms with Crippen molar-refractivity contribution in [3.05, 3.63) is 95.8 Å². The lowest BCUT2D eigenvalue weighted by Crippen LogP contribution is -2.59. The molecule has 4 aromatic rings. The fraction of sp³-hybridized carbons (Fsp3) is 0.300. The van der Waals surface area contributed by atoms with Crippen LogP contribution in [-0.4, -0.2) is 44.5 Å². The first kappa shape index (κ1) is 25.3. The van der Waals surface area contributed by atoms with Gasteiger partial charge in [0.15, 0.2) is 5.78 Å². The minimum absolute atomic E-state index is 0.0704. The van der Waals surface area contributed by atoms with Crippen LogP contribution in [0, 0.1) is 6.92 Å². The number of carbonyl (C=O) groups is 2. The highest BCUT2D eigenvalue weighted by atomic mass is 16.5. The average molecular weight is 510 g/mol. The van der Waals surface area contributed by atoms with E-state index < -0.39 is 5.54 Å². The molecule has 0 radical (unpaired) electrons. The maximum absolute atomic E-state index is 14.3. The van der Waals surface area contributed by atoms with E-state index in [0.717, 1.165) is 36.1 Å². The number of aryl methyl sites for hydroxylation is 1. The van der Waals surface area contributed by atoms with Crippen LogP contribution in [-0.2, 0) is 11.2 Å². The number of hydrogen-bond acceptors (Lipinski definition) is 6. The van der Waals surface area contributed by atoms with Crippen molar-refractivity contribution < 1.29 is 14.3 Å². The number of anilines is 1. The average Bonchev–Trinajstić information content (AvgIpc) is 3.50. The van der Waals surface area contributed by atoms with Gasteiger partial charge in [-0.05, 0) is 89.8 Å². The molecule has 1 aromatic heterocycles. The summed E-state index contributed by atoms with van der Waals surface area (Å²) in [5.41, 5.74) is 3.04. The van der Waals surface area contributed by atoms with E-state index >= 15 is 0 Å². The molecule has 0 spiro atoms. The molecule has 0 atom stereocenters. The van der Waals surface area contributed by atoms with E-state index in [9.17, 15) is 9.59 Å². The number of tetrazole rings is 1. The maximum atomic E-state index is 14.3. The summed E-state index contributed by atoms with van der Waals surface area (Å²) in [4.78, 5) is 30.4. The smallest absolute Gasteiger partial charge is 0.259 e. The Morgan fingerprint density at radius 3 is 2.29 bits per heavy atom. The van der Waals surface area contributed by atoms with Crippen LogP contribution in [0.1, 0.15) is 53.6 Å². The van der Waals surface area contributed by atoms with Gasteiger partial charge in [0.1, 0.15) is 17.6 Å². The van der Waals surface area contributed by atoms with Gasteiger partial charge in [0, 0.05) is 17.7 Å². The van der Waals surface area contributed by atoms with Crippen molar-refractivity contribution in [2.24, 2.45) is 0 Å². The van der Waals surface area contributed by atoms with Gasteiger partial charge in [-0.2, -0.15) is 0 Å². The summed E-state index contributed by atoms with van der Waals surface area (Å²) >= 11 is 0. The Hall–Kier alpha value is -4.33. The summed E-state index contributed by atoms with van der Waals surface area (Å²) in [6, 6.07) is 22.5. The summed E-state index contributed by atoms with van der Waals surface area (Å²) in [5.74, 6) is 0.551. The van der Waals surface area contributed by atoms with Crippen LogP contribution < -0.4 is 9.64 Å². The SMILES string of the molecule is COc1ccc(N(C(=O)c2ccc(-n3cnnn3)cc2)C2(C(=O)Cc3ccccc3C)CCCCC2)cc1. The van der Waals surface area contributed by atoms with Gasteiger partial charge in [-0.1, -0.05) is 43.5 Å². The molecular formula is C30H31N5O3. The van der Waals surface area contributed by atoms with Crippen LogP contribution in [0.15, 0.2) is 79.1 Å². The minimum atomic E-state index is -0.944. The largest absolute Gasteiger partial charge is 0.497 e. The van der Waals surface area contributed by atoms with Crippen molar-refractivity contribution >= 4 is 17.4 Å². The van der Waals surface area contributed by atoms with Crippen LogP contribution in [0.25, 0.3) is 5.69 Å². The fourth-order valence-electron chi connectivity index (χ4n) is 5.37. The van der Waals surface area contributed by atoms with Crippen LogP contribution in [0.4, 0.5) is 5.69 Å². The number of Topliss-reactive ketones (excluding diaryl/α,β-unsaturated/α-hetero) is 1. The zero-order valence-electron chi connectivity index (χ0n) is 21.7. The molecule has 0 unspecified atom stereocenters. The molecule has 1 fully saturated rings. The van der Waals surface area contributed by atoms with Gasteiger partial charge in [-0.3, -0.25) is 14.5 Å². The topological polar surface area (TPSA) is 90.2 Å². The zero-order chi connectivity index (χ0) is 26.5. The van der Waals surface area contributed by atoms with Gasteiger partial charge in [0.2, 0.25) is 0 Å². The Kier molecular flexibility index (Phi) is 7.31. The number of amides is 1. The second kappa shape index (κ2) is 11.0. The minimum Gasteiger partial charge on any atom is -0.497 e. The highest BCUT2D eigenvalue weighted by molar-refractivity contribution is 6.12. The van der Waals surface area contributed by atoms with Crippen LogP contribution >= 0.6 is 0 Å². The van der Waals surface area contributed by atoms with Crippen molar-refractivity contribution in [2.45, 2.75) is 51.0 Å². The molecule has 38 heavy (non-hydrogen) atoms. The van der Waals surface area contributed by atoms with Crippen LogP contribution in [0.3, 0.4) is 0 Å². The van der Waals surface area contributed by atoms with E-state index in [1.165, 1.54) is 11.0 Å². The predicted molar refractivity (Wildman–Crippen MR) is 145 cm³/mol. The predicted octanol–water partition coefficient (Wildman–Crippen LogP) is 5.14. The Morgan fingerprint density at radius 2 is 1.66 bits per heavy atom. The second-order valence-electron chi connectivity index (χ2n) is 9.76. The van der Waals surface area contributed by atoms with E-state index in [0.29, 0.717) is 29.8 Å². The Bertz CT molecular complexity index is 1390. The first-order valence-corrected chi connectivity index (χ1v) is 12.9. The van der Waals surface area contributed by atoms with Crippen molar-refractivity contribution in [3.8, 4) is 11.4 Å². The number of ether oxygens (including phenoxy) is 1. The van der Waals surface area contributed by atoms with Crippen molar-refractivity contribution in [2.75, 3.05) is 12.0 Å². The summed E-state index contributed by atoms with van der Waals surface area (Å²) in [5, 5.41) is 11.3. The molecule has 3 aromatic carbocycles. The Labute approximate surface area is 222 Å². The molecule has 0 aliphatic heterocycles. The third-order valence-corrected chi connectivity index (χ3v) is 7.50. The molecule has 8 nitrogen and oxygen atoms in total. The number of carbonyl (C=O) groups excluding carboxylic acids is 2. The normalized spacial score (nSPS) is 14.6. The summed E-state index contributed by atoms with van der Waals surface area (Å²) < 4.78 is 6.90. The highest BCUT2D eigenvalue weighted by Crippen LogP contribution is 2.40. The monoisotopic (exact) mass is 509 g/mol. The van der Waals surface area contributed by atoms with Gasteiger partial charge in [0.05, 0.1) is 12.8 Å². The highest BCUT2D eigenvalue weighted by Gasteiger charge is 2.47. The molecule has 5 rings (SSSR count). The molecule has 0 bridgehead atoms. The van der Waals surface area contributed by atoms with Crippen molar-refractivity contribution in [1.29, 1.82) is 0 Å². The summed E-state index contributed by atoms with van der Waals surface area (Å²) in [6.07, 6.45) is 5.85. The maximum Gasteiger partial charge on any atom is 0.259 e. The number of nitrogens with zero attached hydrogens (tertiary/aromatic N) is 5. The van der Waals surface area contributed by atoms with E-state index in [-0.39, 0.29) is 18.1 Å². The van der Waals surface area contributed by atoms with Gasteiger partial charge in [-0.25, -0.2) is 4.68 Å². The summed E-state index contributed by atoms with van der Waals surface area (Å²) in [6.45, 7) is 2.02. The molecule has 0 saturated heterocycles. The van der Waals surface area contributed by atoms with Crippen LogP contribution in [0.2, 0.25) is 0 Å². The Balaban J connectivity index is 1.57. The number of benzene rings is 3. The molecular weight excluding hydrogens is 478 g/mol. The molecule has 8 heteroatoms. The molecule has 1 heterocycles. The first-order chi connectivity index (χ1) is 18.5. The lowest BCUT2D eigenvalue weighted by molar-refractivity contribution is -0.124. The number of hydrogen-bond donors (Lipinski definition) is 0. The summed E-state index contributed by atoms with van der Waals surface area (Å²) in [7, 11) is 1.61. The lowest BCUT2D eigenvalue weighted by atomic mass is 9.74. The van der Waals surface area contributed by atoms with Crippen molar-refractivity contribution in [3.63, 3.8) is 0 Å².